The predicted molar refractivity (Wildman–Crippen MR) is 86.4 cm³/mol. The van der Waals surface area contributed by atoms with Crippen LogP contribution in [0.15, 0.2) is 52.0 Å². The van der Waals surface area contributed by atoms with Crippen molar-refractivity contribution in [2.45, 2.75) is 0 Å². The first kappa shape index (κ1) is 16.0. The largest absolute Gasteiger partial charge is 0.507 e. The van der Waals surface area contributed by atoms with Crippen molar-refractivity contribution >= 4 is 33.7 Å². The Balaban J connectivity index is 1.80. The molecule has 2 aromatic carbocycles. The number of hydrogen-bond donors (Lipinski definition) is 3. The molecule has 0 unspecified atom stereocenters. The zero-order valence-electron chi connectivity index (χ0n) is 11.4. The number of amides is 1. The van der Waals surface area contributed by atoms with Gasteiger partial charge in [0, 0.05) is 5.69 Å². The molecule has 1 amide bonds. The highest BCUT2D eigenvalue weighted by Crippen LogP contribution is 2.23. The number of aromatic hydroxyl groups is 1. The van der Waals surface area contributed by atoms with Crippen LogP contribution >= 0.6 is 15.9 Å². The second kappa shape index (κ2) is 7.56. The summed E-state index contributed by atoms with van der Waals surface area (Å²) in [5.41, 5.74) is 3.72. The smallest absolute Gasteiger partial charge is 0.259 e. The molecule has 114 valence electrons. The van der Waals surface area contributed by atoms with Gasteiger partial charge in [0.05, 0.1) is 17.2 Å². The number of anilines is 1. The Hall–Kier alpha value is -2.41. The number of nitrogens with zero attached hydrogens (tertiary/aromatic N) is 1. The summed E-state index contributed by atoms with van der Waals surface area (Å²) in [7, 11) is 0. The van der Waals surface area contributed by atoms with E-state index in [0.717, 1.165) is 5.56 Å². The first-order valence-electron chi connectivity index (χ1n) is 6.34. The van der Waals surface area contributed by atoms with Crippen molar-refractivity contribution in [2.24, 2.45) is 5.10 Å². The fourth-order valence-electron chi connectivity index (χ4n) is 1.57. The molecular weight excluding hydrogens is 353 g/mol. The van der Waals surface area contributed by atoms with Crippen LogP contribution in [0.4, 0.5) is 10.1 Å². The quantitative estimate of drug-likeness (QED) is 0.563. The molecule has 3 N–H and O–H groups in total. The van der Waals surface area contributed by atoms with Gasteiger partial charge in [-0.05, 0) is 64.0 Å². The van der Waals surface area contributed by atoms with Crippen molar-refractivity contribution in [1.82, 2.24) is 5.43 Å². The van der Waals surface area contributed by atoms with Gasteiger partial charge >= 0.3 is 0 Å². The number of halogens is 2. The van der Waals surface area contributed by atoms with Gasteiger partial charge in [-0.1, -0.05) is 0 Å². The Labute approximate surface area is 135 Å². The molecule has 0 spiro atoms. The van der Waals surface area contributed by atoms with Crippen LogP contribution in [-0.4, -0.2) is 23.8 Å². The number of carbonyl (C=O) groups excluding carboxylic acids is 1. The molecule has 0 atom stereocenters. The van der Waals surface area contributed by atoms with Crippen LogP contribution in [0.5, 0.6) is 5.75 Å². The van der Waals surface area contributed by atoms with Gasteiger partial charge in [0.2, 0.25) is 0 Å². The number of hydrogen-bond acceptors (Lipinski definition) is 4. The molecule has 0 saturated carbocycles. The van der Waals surface area contributed by atoms with Crippen LogP contribution in [0.25, 0.3) is 0 Å². The minimum atomic E-state index is -0.335. The number of nitrogens with one attached hydrogen (secondary N) is 2. The van der Waals surface area contributed by atoms with E-state index in [1.165, 1.54) is 24.4 Å². The Bertz CT molecular complexity index is 690. The van der Waals surface area contributed by atoms with E-state index < -0.39 is 0 Å². The van der Waals surface area contributed by atoms with E-state index in [4.69, 9.17) is 0 Å². The van der Waals surface area contributed by atoms with Gasteiger partial charge in [-0.25, -0.2) is 9.82 Å². The normalized spacial score (nSPS) is 10.6. The van der Waals surface area contributed by atoms with Gasteiger partial charge in [-0.2, -0.15) is 5.10 Å². The first-order chi connectivity index (χ1) is 10.5. The van der Waals surface area contributed by atoms with Crippen LogP contribution in [0.3, 0.4) is 0 Å². The lowest BCUT2D eigenvalue weighted by Gasteiger charge is -2.04. The third-order valence-corrected chi connectivity index (χ3v) is 3.31. The second-order valence-corrected chi connectivity index (χ2v) is 5.22. The Kier molecular flexibility index (Phi) is 5.48. The lowest BCUT2D eigenvalue weighted by atomic mass is 10.2. The van der Waals surface area contributed by atoms with Crippen LogP contribution < -0.4 is 10.7 Å². The standard InChI is InChI=1S/C15H13BrFN3O2/c16-13-7-10(1-6-14(13)21)8-19-20-15(22)9-18-12-4-2-11(17)3-5-12/h1-8,18,21H,9H2,(H,20,22)/b19-8-. The Morgan fingerprint density at radius 2 is 2.00 bits per heavy atom. The molecule has 22 heavy (non-hydrogen) atoms. The van der Waals surface area contributed by atoms with E-state index in [9.17, 15) is 14.3 Å². The minimum absolute atomic E-state index is 0.0161. The van der Waals surface area contributed by atoms with Gasteiger partial charge < -0.3 is 10.4 Å². The lowest BCUT2D eigenvalue weighted by Crippen LogP contribution is -2.25. The predicted octanol–water partition coefficient (Wildman–Crippen LogP) is 2.86. The van der Waals surface area contributed by atoms with Crippen LogP contribution in [-0.2, 0) is 4.79 Å². The highest BCUT2D eigenvalue weighted by Gasteiger charge is 2.00. The highest BCUT2D eigenvalue weighted by atomic mass is 79.9. The molecule has 7 heteroatoms. The summed E-state index contributed by atoms with van der Waals surface area (Å²) in [6.45, 7) is 0.0161. The topological polar surface area (TPSA) is 73.7 Å². The van der Waals surface area contributed by atoms with E-state index in [0.29, 0.717) is 10.2 Å². The third-order valence-electron chi connectivity index (χ3n) is 2.67. The van der Waals surface area contributed by atoms with E-state index in [1.54, 1.807) is 24.3 Å². The van der Waals surface area contributed by atoms with E-state index in [-0.39, 0.29) is 24.0 Å². The van der Waals surface area contributed by atoms with Crippen LogP contribution in [0.2, 0.25) is 0 Å². The van der Waals surface area contributed by atoms with E-state index in [1.807, 2.05) is 0 Å². The maximum atomic E-state index is 12.7. The average molecular weight is 366 g/mol. The van der Waals surface area contributed by atoms with Crippen LogP contribution in [0, 0.1) is 5.82 Å². The summed E-state index contributed by atoms with van der Waals surface area (Å²) in [4.78, 5) is 11.6. The number of rotatable bonds is 5. The molecule has 0 aromatic heterocycles. The molecule has 0 aliphatic rings. The Morgan fingerprint density at radius 3 is 2.68 bits per heavy atom. The van der Waals surface area contributed by atoms with Gasteiger partial charge in [0.1, 0.15) is 11.6 Å². The van der Waals surface area contributed by atoms with Crippen LogP contribution in [0.1, 0.15) is 5.56 Å². The maximum absolute atomic E-state index is 12.7. The summed E-state index contributed by atoms with van der Waals surface area (Å²) in [6.07, 6.45) is 1.46. The van der Waals surface area contributed by atoms with E-state index in [2.05, 4.69) is 31.8 Å². The van der Waals surface area contributed by atoms with Gasteiger partial charge in [-0.15, -0.1) is 0 Å². The molecule has 0 fully saturated rings. The number of carbonyl (C=O) groups is 1. The highest BCUT2D eigenvalue weighted by molar-refractivity contribution is 9.10. The second-order valence-electron chi connectivity index (χ2n) is 4.36. The SMILES string of the molecule is O=C(CNc1ccc(F)cc1)N/N=C\c1ccc(O)c(Br)c1. The zero-order chi connectivity index (χ0) is 15.9. The fraction of sp³-hybridized carbons (Fsp3) is 0.0667. The average Bonchev–Trinajstić information content (AvgIpc) is 2.50. The molecule has 0 aliphatic carbocycles. The monoisotopic (exact) mass is 365 g/mol. The third kappa shape index (κ3) is 4.85. The van der Waals surface area contributed by atoms with Crippen molar-refractivity contribution in [3.05, 3.63) is 58.3 Å². The Morgan fingerprint density at radius 1 is 1.27 bits per heavy atom. The minimum Gasteiger partial charge on any atom is -0.507 e. The summed E-state index contributed by atoms with van der Waals surface area (Å²) in [5, 5.41) is 16.0. The van der Waals surface area contributed by atoms with Gasteiger partial charge in [0.25, 0.3) is 5.91 Å². The van der Waals surface area contributed by atoms with Gasteiger partial charge in [0.15, 0.2) is 0 Å². The molecule has 0 heterocycles. The molecule has 2 rings (SSSR count). The zero-order valence-corrected chi connectivity index (χ0v) is 13.0. The summed E-state index contributed by atoms with van der Waals surface area (Å²) in [6, 6.07) is 10.5. The van der Waals surface area contributed by atoms with Crippen molar-refractivity contribution in [3.63, 3.8) is 0 Å². The molecule has 0 bridgehead atoms. The van der Waals surface area contributed by atoms with Crippen molar-refractivity contribution < 1.29 is 14.3 Å². The molecule has 0 aliphatic heterocycles. The number of phenols is 1. The number of benzene rings is 2. The molecular formula is C15H13BrFN3O2. The van der Waals surface area contributed by atoms with Crippen molar-refractivity contribution in [2.75, 3.05) is 11.9 Å². The summed E-state index contributed by atoms with van der Waals surface area (Å²) < 4.78 is 13.3. The molecule has 0 saturated heterocycles. The summed E-state index contributed by atoms with van der Waals surface area (Å²) in [5.74, 6) is -0.539. The van der Waals surface area contributed by atoms with E-state index >= 15 is 0 Å². The van der Waals surface area contributed by atoms with Crippen molar-refractivity contribution in [3.8, 4) is 5.75 Å². The lowest BCUT2D eigenvalue weighted by molar-refractivity contribution is -0.119. The number of hydrazone groups is 1. The summed E-state index contributed by atoms with van der Waals surface area (Å²) >= 11 is 3.19. The van der Waals surface area contributed by atoms with Gasteiger partial charge in [-0.3, -0.25) is 4.79 Å². The van der Waals surface area contributed by atoms with Crippen molar-refractivity contribution in [1.29, 1.82) is 0 Å². The molecule has 5 nitrogen and oxygen atoms in total. The molecule has 0 radical (unpaired) electrons. The fourth-order valence-corrected chi connectivity index (χ4v) is 1.97. The number of phenolic OH excluding ortho intramolecular Hbond substituents is 1. The first-order valence-corrected chi connectivity index (χ1v) is 7.14. The maximum Gasteiger partial charge on any atom is 0.259 e. The molecule has 2 aromatic rings.